The smallest absolute Gasteiger partial charge is 0.233 e. The third-order valence-electron chi connectivity index (χ3n) is 2.91. The summed E-state index contributed by atoms with van der Waals surface area (Å²) in [6, 6.07) is 7.80. The maximum Gasteiger partial charge on any atom is 0.233 e. The molecule has 1 aromatic carbocycles. The molecule has 0 spiro atoms. The van der Waals surface area contributed by atoms with E-state index in [0.717, 1.165) is 24.3 Å². The normalized spacial score (nSPS) is 19.2. The van der Waals surface area contributed by atoms with E-state index in [1.807, 2.05) is 24.3 Å². The first-order valence-corrected chi connectivity index (χ1v) is 7.04. The average Bonchev–Trinajstić information content (AvgIpc) is 2.85. The van der Waals surface area contributed by atoms with Crippen LogP contribution in [0.2, 0.25) is 0 Å². The molecule has 1 aliphatic rings. The van der Waals surface area contributed by atoms with Crippen molar-refractivity contribution in [1.82, 2.24) is 5.32 Å². The zero-order valence-electron chi connectivity index (χ0n) is 9.82. The van der Waals surface area contributed by atoms with Gasteiger partial charge in [-0.25, -0.2) is 0 Å². The fourth-order valence-electron chi connectivity index (χ4n) is 1.91. The van der Waals surface area contributed by atoms with Gasteiger partial charge in [0, 0.05) is 12.2 Å². The first kappa shape index (κ1) is 12.3. The van der Waals surface area contributed by atoms with Crippen molar-refractivity contribution >= 4 is 23.4 Å². The lowest BCUT2D eigenvalue weighted by molar-refractivity contribution is -0.120. The van der Waals surface area contributed by atoms with E-state index in [0.29, 0.717) is 6.54 Å². The highest BCUT2D eigenvalue weighted by atomic mass is 32.2. The third kappa shape index (κ3) is 3.66. The molecule has 1 atom stereocenters. The minimum Gasteiger partial charge on any atom is -0.399 e. The lowest BCUT2D eigenvalue weighted by Crippen LogP contribution is -2.32. The van der Waals surface area contributed by atoms with Crippen molar-refractivity contribution in [3.63, 3.8) is 0 Å². The lowest BCUT2D eigenvalue weighted by Gasteiger charge is -2.09. The van der Waals surface area contributed by atoms with E-state index in [9.17, 15) is 4.79 Å². The summed E-state index contributed by atoms with van der Waals surface area (Å²) in [4.78, 5) is 11.7. The number of rotatable bonds is 4. The van der Waals surface area contributed by atoms with Gasteiger partial charge in [0.05, 0.1) is 5.25 Å². The highest BCUT2D eigenvalue weighted by molar-refractivity contribution is 8.00. The quantitative estimate of drug-likeness (QED) is 0.802. The average molecular weight is 250 g/mol. The Bertz CT molecular complexity index is 372. The second-order valence-corrected chi connectivity index (χ2v) is 5.59. The highest BCUT2D eigenvalue weighted by Crippen LogP contribution is 2.25. The molecule has 0 aromatic heterocycles. The first-order valence-electron chi connectivity index (χ1n) is 5.99. The van der Waals surface area contributed by atoms with Gasteiger partial charge in [-0.15, -0.1) is 11.8 Å². The number of hydrogen-bond acceptors (Lipinski definition) is 3. The molecule has 1 fully saturated rings. The number of amides is 1. The van der Waals surface area contributed by atoms with Gasteiger partial charge in [-0.3, -0.25) is 4.79 Å². The van der Waals surface area contributed by atoms with Gasteiger partial charge in [0.1, 0.15) is 0 Å². The summed E-state index contributed by atoms with van der Waals surface area (Å²) >= 11 is 1.77. The fraction of sp³-hybridized carbons (Fsp3) is 0.462. The van der Waals surface area contributed by atoms with Crippen LogP contribution in [-0.2, 0) is 11.2 Å². The predicted molar refractivity (Wildman–Crippen MR) is 73.0 cm³/mol. The van der Waals surface area contributed by atoms with E-state index < -0.39 is 0 Å². The number of nitrogens with two attached hydrogens (primary N) is 1. The molecule has 92 valence electrons. The molecule has 4 heteroatoms. The second kappa shape index (κ2) is 5.96. The van der Waals surface area contributed by atoms with Crippen molar-refractivity contribution in [3.8, 4) is 0 Å². The van der Waals surface area contributed by atoms with E-state index in [1.54, 1.807) is 11.8 Å². The maximum absolute atomic E-state index is 11.7. The largest absolute Gasteiger partial charge is 0.399 e. The Morgan fingerprint density at radius 1 is 1.41 bits per heavy atom. The van der Waals surface area contributed by atoms with Gasteiger partial charge in [-0.2, -0.15) is 0 Å². The number of nitrogen functional groups attached to an aromatic ring is 1. The molecule has 17 heavy (non-hydrogen) atoms. The Morgan fingerprint density at radius 2 is 2.18 bits per heavy atom. The molecule has 1 aliphatic heterocycles. The molecule has 1 aromatic rings. The number of hydrogen-bond donors (Lipinski definition) is 2. The van der Waals surface area contributed by atoms with Crippen LogP contribution in [0.4, 0.5) is 5.69 Å². The maximum atomic E-state index is 11.7. The van der Waals surface area contributed by atoms with Crippen molar-refractivity contribution in [3.05, 3.63) is 29.8 Å². The van der Waals surface area contributed by atoms with Crippen LogP contribution < -0.4 is 11.1 Å². The molecule has 0 bridgehead atoms. The van der Waals surface area contributed by atoms with Crippen LogP contribution in [0.15, 0.2) is 24.3 Å². The summed E-state index contributed by atoms with van der Waals surface area (Å²) < 4.78 is 0. The van der Waals surface area contributed by atoms with Crippen LogP contribution in [0, 0.1) is 0 Å². The minimum atomic E-state index is 0.182. The van der Waals surface area contributed by atoms with Gasteiger partial charge < -0.3 is 11.1 Å². The summed E-state index contributed by atoms with van der Waals surface area (Å²) in [6.07, 6.45) is 3.06. The van der Waals surface area contributed by atoms with Crippen molar-refractivity contribution < 1.29 is 4.79 Å². The second-order valence-electron chi connectivity index (χ2n) is 4.28. The zero-order valence-corrected chi connectivity index (χ0v) is 10.6. The van der Waals surface area contributed by atoms with Gasteiger partial charge in [0.25, 0.3) is 0 Å². The SMILES string of the molecule is Nc1ccc(CCNC(=O)C2CCCS2)cc1. The van der Waals surface area contributed by atoms with Gasteiger partial charge in [0.15, 0.2) is 0 Å². The van der Waals surface area contributed by atoms with Crippen LogP contribution in [0.5, 0.6) is 0 Å². The molecule has 1 saturated heterocycles. The Kier molecular flexibility index (Phi) is 4.31. The molecule has 0 saturated carbocycles. The van der Waals surface area contributed by atoms with Crippen molar-refractivity contribution in [2.24, 2.45) is 0 Å². The molecular formula is C13H18N2OS. The Morgan fingerprint density at radius 3 is 2.82 bits per heavy atom. The Balaban J connectivity index is 1.72. The predicted octanol–water partition coefficient (Wildman–Crippen LogP) is 1.82. The van der Waals surface area contributed by atoms with Crippen molar-refractivity contribution in [1.29, 1.82) is 0 Å². The van der Waals surface area contributed by atoms with Gasteiger partial charge in [-0.1, -0.05) is 12.1 Å². The molecule has 3 nitrogen and oxygen atoms in total. The number of carbonyl (C=O) groups is 1. The number of benzene rings is 1. The monoisotopic (exact) mass is 250 g/mol. The van der Waals surface area contributed by atoms with Crippen molar-refractivity contribution in [2.45, 2.75) is 24.5 Å². The molecule has 1 amide bonds. The van der Waals surface area contributed by atoms with E-state index in [4.69, 9.17) is 5.73 Å². The zero-order chi connectivity index (χ0) is 12.1. The minimum absolute atomic E-state index is 0.182. The number of nitrogens with one attached hydrogen (secondary N) is 1. The molecule has 2 rings (SSSR count). The van der Waals surface area contributed by atoms with Gasteiger partial charge in [0.2, 0.25) is 5.91 Å². The molecule has 0 aliphatic carbocycles. The molecule has 1 unspecified atom stereocenters. The van der Waals surface area contributed by atoms with E-state index in [2.05, 4.69) is 5.32 Å². The standard InChI is InChI=1S/C13H18N2OS/c14-11-5-3-10(4-6-11)7-8-15-13(16)12-2-1-9-17-12/h3-6,12H,1-2,7-9,14H2,(H,15,16). The highest BCUT2D eigenvalue weighted by Gasteiger charge is 2.22. The fourth-order valence-corrected chi connectivity index (χ4v) is 3.10. The number of anilines is 1. The van der Waals surface area contributed by atoms with E-state index in [1.165, 1.54) is 12.0 Å². The van der Waals surface area contributed by atoms with Crippen LogP contribution in [-0.4, -0.2) is 23.5 Å². The van der Waals surface area contributed by atoms with Gasteiger partial charge in [-0.05, 0) is 42.7 Å². The summed E-state index contributed by atoms with van der Waals surface area (Å²) in [5, 5.41) is 3.18. The molecule has 1 heterocycles. The summed E-state index contributed by atoms with van der Waals surface area (Å²) in [5.41, 5.74) is 7.60. The molecule has 0 radical (unpaired) electrons. The first-order chi connectivity index (χ1) is 8.25. The summed E-state index contributed by atoms with van der Waals surface area (Å²) in [7, 11) is 0. The Hall–Kier alpha value is -1.16. The van der Waals surface area contributed by atoms with Gasteiger partial charge >= 0.3 is 0 Å². The van der Waals surface area contributed by atoms with Crippen LogP contribution in [0.3, 0.4) is 0 Å². The topological polar surface area (TPSA) is 55.1 Å². The number of carbonyl (C=O) groups excluding carboxylic acids is 1. The Labute approximate surface area is 106 Å². The molecular weight excluding hydrogens is 232 g/mol. The summed E-state index contributed by atoms with van der Waals surface area (Å²) in [6.45, 7) is 0.708. The van der Waals surface area contributed by atoms with Crippen LogP contribution in [0.25, 0.3) is 0 Å². The lowest BCUT2D eigenvalue weighted by atomic mass is 10.1. The van der Waals surface area contributed by atoms with Crippen molar-refractivity contribution in [2.75, 3.05) is 18.0 Å². The molecule has 3 N–H and O–H groups in total. The summed E-state index contributed by atoms with van der Waals surface area (Å²) in [5.74, 6) is 1.32. The van der Waals surface area contributed by atoms with E-state index >= 15 is 0 Å². The van der Waals surface area contributed by atoms with E-state index in [-0.39, 0.29) is 11.2 Å². The third-order valence-corrected chi connectivity index (χ3v) is 4.29. The van der Waals surface area contributed by atoms with Crippen LogP contribution >= 0.6 is 11.8 Å². The number of thioether (sulfide) groups is 1. The van der Waals surface area contributed by atoms with Crippen LogP contribution in [0.1, 0.15) is 18.4 Å².